The fraction of sp³-hybridized carbons (Fsp3) is 0.632. The van der Waals surface area contributed by atoms with Crippen LogP contribution in [0.2, 0.25) is 0 Å². The minimum absolute atomic E-state index is 0.0522. The number of sulfonamides is 1. The summed E-state index contributed by atoms with van der Waals surface area (Å²) in [6.45, 7) is 4.19. The number of fused-ring (bicyclic) bond motifs is 1. The van der Waals surface area contributed by atoms with E-state index in [0.717, 1.165) is 17.1 Å². The summed E-state index contributed by atoms with van der Waals surface area (Å²) in [5.41, 5.74) is 8.62. The third-order valence-electron chi connectivity index (χ3n) is 7.76. The molecule has 5 atom stereocenters. The minimum Gasteiger partial charge on any atom is -0.272 e. The summed E-state index contributed by atoms with van der Waals surface area (Å²) < 4.78 is 27.3. The number of carbonyl (C=O) groups is 1. The monoisotopic (exact) mass is 511 g/mol. The fourth-order valence-electron chi connectivity index (χ4n) is 5.98. The predicted octanol–water partition coefficient (Wildman–Crippen LogP) is 4.08. The Hall–Kier alpha value is -2.17. The first-order valence-electron chi connectivity index (χ1n) is 9.95. The number of nitrogens with zero attached hydrogens (tertiary/aromatic N) is 5. The molecule has 4 rings (SSSR count). The van der Waals surface area contributed by atoms with Gasteiger partial charge >= 0.3 is 0 Å². The van der Waals surface area contributed by atoms with Crippen LogP contribution in [-0.4, -0.2) is 40.2 Å². The summed E-state index contributed by atoms with van der Waals surface area (Å²) in [5, 5.41) is 14.6. The summed E-state index contributed by atoms with van der Waals surface area (Å²) >= 11 is 3.28. The number of nitro benzene ring substituents is 1. The topological polar surface area (TPSA) is 146 Å². The van der Waals surface area contributed by atoms with Gasteiger partial charge in [0.05, 0.1) is 22.8 Å². The van der Waals surface area contributed by atoms with Gasteiger partial charge in [-0.25, -0.2) is 12.7 Å². The van der Waals surface area contributed by atoms with Crippen LogP contribution >= 0.6 is 15.9 Å². The Kier molecular flexibility index (Phi) is 5.10. The normalized spacial score (nSPS) is 31.5. The number of carbonyl (C=O) groups excluding carboxylic acids is 1. The number of benzene rings is 1. The van der Waals surface area contributed by atoms with Gasteiger partial charge in [0.2, 0.25) is 10.0 Å². The van der Waals surface area contributed by atoms with Crippen molar-refractivity contribution >= 4 is 37.5 Å². The Labute approximate surface area is 187 Å². The van der Waals surface area contributed by atoms with Gasteiger partial charge in [0.15, 0.2) is 0 Å². The second kappa shape index (κ2) is 7.18. The lowest BCUT2D eigenvalue weighted by Gasteiger charge is -2.37. The molecule has 2 aliphatic carbocycles. The molecule has 2 saturated carbocycles. The van der Waals surface area contributed by atoms with Crippen LogP contribution in [-0.2, 0) is 14.8 Å². The van der Waals surface area contributed by atoms with E-state index in [1.807, 2.05) is 0 Å². The zero-order chi connectivity index (χ0) is 22.8. The largest absolute Gasteiger partial charge is 0.272 e. The average Bonchev–Trinajstić information content (AvgIpc) is 3.19. The van der Waals surface area contributed by atoms with E-state index in [2.05, 4.69) is 39.8 Å². The molecule has 1 heterocycles. The number of non-ortho nitro benzene ring substituents is 1. The van der Waals surface area contributed by atoms with E-state index in [-0.39, 0.29) is 16.9 Å². The lowest BCUT2D eigenvalue weighted by molar-refractivity contribution is -0.384. The van der Waals surface area contributed by atoms with Gasteiger partial charge in [-0.15, -0.1) is 0 Å². The van der Waals surface area contributed by atoms with Gasteiger partial charge in [-0.05, 0) is 41.7 Å². The smallest absolute Gasteiger partial charge is 0.269 e. The molecule has 0 radical (unpaired) electrons. The van der Waals surface area contributed by atoms with Crippen LogP contribution in [0.25, 0.3) is 10.4 Å². The predicted molar refractivity (Wildman–Crippen MR) is 116 cm³/mol. The minimum atomic E-state index is -3.82. The third kappa shape index (κ3) is 3.07. The molecule has 0 aromatic heterocycles. The lowest BCUT2D eigenvalue weighted by Crippen LogP contribution is -2.47. The Morgan fingerprint density at radius 1 is 1.39 bits per heavy atom. The molecular weight excluding hydrogens is 490 g/mol. The van der Waals surface area contributed by atoms with Crippen LogP contribution in [0, 0.1) is 26.9 Å². The van der Waals surface area contributed by atoms with Crippen molar-refractivity contribution in [2.45, 2.75) is 50.0 Å². The Bertz CT molecular complexity index is 1100. The molecule has 1 aromatic carbocycles. The van der Waals surface area contributed by atoms with Crippen molar-refractivity contribution in [3.8, 4) is 0 Å². The number of rotatable bonds is 5. The molecule has 0 N–H and O–H groups in total. The highest BCUT2D eigenvalue weighted by atomic mass is 79.9. The van der Waals surface area contributed by atoms with Crippen molar-refractivity contribution in [1.82, 2.24) is 4.31 Å². The average molecular weight is 512 g/mol. The van der Waals surface area contributed by atoms with Crippen molar-refractivity contribution in [2.75, 3.05) is 5.75 Å². The van der Waals surface area contributed by atoms with Gasteiger partial charge in [-0.2, -0.15) is 0 Å². The third-order valence-corrected chi connectivity index (χ3v) is 10.6. The summed E-state index contributed by atoms with van der Waals surface area (Å²) in [6.07, 6.45) is 2.37. The molecule has 31 heavy (non-hydrogen) atoms. The highest BCUT2D eigenvalue weighted by Crippen LogP contribution is 2.70. The van der Waals surface area contributed by atoms with Crippen molar-refractivity contribution in [3.05, 3.63) is 50.4 Å². The zero-order valence-corrected chi connectivity index (χ0v) is 19.4. The molecule has 3 aliphatic rings. The Balaban J connectivity index is 1.68. The van der Waals surface area contributed by atoms with Crippen molar-refractivity contribution < 1.29 is 18.1 Å². The highest BCUT2D eigenvalue weighted by Gasteiger charge is 2.72. The molecule has 1 aliphatic heterocycles. The molecule has 0 unspecified atom stereocenters. The molecule has 1 spiro atoms. The van der Waals surface area contributed by atoms with Gasteiger partial charge in [0.1, 0.15) is 4.83 Å². The maximum Gasteiger partial charge on any atom is 0.269 e. The number of nitro groups is 1. The summed E-state index contributed by atoms with van der Waals surface area (Å²) in [5.74, 6) is -0.357. The number of azide groups is 1. The standard InChI is InChI=1S/C19H22BrN5O5S/c1-18(2)12-7-8-19(18)10-31(29,30)24(14(19)9-12)17(26)15(20)16(22-23-21)11-3-5-13(6-4-11)25(27)28/h3-6,12,14-16H,7-10H2,1-2H3/t12-,14-,15-,16-,19-/m1/s1. The van der Waals surface area contributed by atoms with E-state index >= 15 is 0 Å². The van der Waals surface area contributed by atoms with Crippen LogP contribution < -0.4 is 0 Å². The van der Waals surface area contributed by atoms with Crippen LogP contribution in [0.5, 0.6) is 0 Å². The van der Waals surface area contributed by atoms with E-state index in [1.54, 1.807) is 0 Å². The molecule has 1 saturated heterocycles. The molecule has 2 bridgehead atoms. The molecule has 12 heteroatoms. The van der Waals surface area contributed by atoms with Gasteiger partial charge in [-0.1, -0.05) is 47.0 Å². The number of hydrogen-bond donors (Lipinski definition) is 0. The van der Waals surface area contributed by atoms with Crippen LogP contribution in [0.3, 0.4) is 0 Å². The second-order valence-corrected chi connectivity index (χ2v) is 12.0. The maximum atomic E-state index is 13.5. The van der Waals surface area contributed by atoms with Gasteiger partial charge in [0, 0.05) is 22.5 Å². The fourth-order valence-corrected chi connectivity index (χ4v) is 9.31. The van der Waals surface area contributed by atoms with E-state index in [0.29, 0.717) is 17.9 Å². The summed E-state index contributed by atoms with van der Waals surface area (Å²) in [6, 6.07) is 3.84. The second-order valence-electron chi connectivity index (χ2n) is 9.16. The summed E-state index contributed by atoms with van der Waals surface area (Å²) in [4.78, 5) is 25.5. The van der Waals surface area contributed by atoms with Crippen LogP contribution in [0.15, 0.2) is 29.4 Å². The molecular formula is C19H22BrN5O5S. The van der Waals surface area contributed by atoms with Crippen molar-refractivity contribution in [3.63, 3.8) is 0 Å². The number of halogens is 1. The molecule has 1 amide bonds. The zero-order valence-electron chi connectivity index (χ0n) is 17.0. The lowest BCUT2D eigenvalue weighted by atomic mass is 9.69. The van der Waals surface area contributed by atoms with E-state index in [9.17, 15) is 23.3 Å². The highest BCUT2D eigenvalue weighted by molar-refractivity contribution is 9.10. The number of amides is 1. The van der Waals surface area contributed by atoms with Gasteiger partial charge in [0.25, 0.3) is 11.6 Å². The molecule has 10 nitrogen and oxygen atoms in total. The first-order valence-corrected chi connectivity index (χ1v) is 12.5. The van der Waals surface area contributed by atoms with Crippen LogP contribution in [0.4, 0.5) is 5.69 Å². The SMILES string of the molecule is CC1(C)[C@@H]2CC[C@]13CS(=O)(=O)N(C(=O)[C@H](Br)[C@H](N=[N+]=[N-])c1ccc([N+](=O)[O-])cc1)[C@@H]3C2. The molecule has 1 aromatic rings. The van der Waals surface area contributed by atoms with E-state index in [1.165, 1.54) is 24.3 Å². The first-order chi connectivity index (χ1) is 14.5. The summed E-state index contributed by atoms with van der Waals surface area (Å²) in [7, 11) is -3.82. The maximum absolute atomic E-state index is 13.5. The van der Waals surface area contributed by atoms with Crippen LogP contribution in [0.1, 0.15) is 44.7 Å². The number of hydrogen-bond acceptors (Lipinski definition) is 6. The molecule has 166 valence electrons. The van der Waals surface area contributed by atoms with Crippen molar-refractivity contribution in [1.29, 1.82) is 0 Å². The number of alkyl halides is 1. The van der Waals surface area contributed by atoms with Gasteiger partial charge < -0.3 is 0 Å². The van der Waals surface area contributed by atoms with Crippen molar-refractivity contribution in [2.24, 2.45) is 21.9 Å². The quantitative estimate of drug-likeness (QED) is 0.146. The van der Waals surface area contributed by atoms with Gasteiger partial charge in [-0.3, -0.25) is 14.9 Å². The molecule has 3 fully saturated rings. The van der Waals surface area contributed by atoms with E-state index < -0.39 is 43.2 Å². The Morgan fingerprint density at radius 2 is 2.03 bits per heavy atom. The first kappa shape index (κ1) is 22.0. The Morgan fingerprint density at radius 3 is 2.58 bits per heavy atom. The van der Waals surface area contributed by atoms with E-state index in [4.69, 9.17) is 5.53 Å².